The van der Waals surface area contributed by atoms with Crippen LogP contribution in [-0.4, -0.2) is 15.0 Å². The number of rotatable bonds is 8. The fraction of sp³-hybridized carbons (Fsp3) is 0.652. The minimum Gasteiger partial charge on any atom is -0.211 e. The summed E-state index contributed by atoms with van der Waals surface area (Å²) in [4.78, 5) is 0.483. The summed E-state index contributed by atoms with van der Waals surface area (Å²) in [6.45, 7) is 19.4. The van der Waals surface area contributed by atoms with E-state index in [1.54, 1.807) is 0 Å². The van der Waals surface area contributed by atoms with Crippen LogP contribution >= 0.6 is 0 Å². The summed E-state index contributed by atoms with van der Waals surface area (Å²) in [6.07, 6.45) is 4.86. The molecule has 0 saturated carbocycles. The van der Waals surface area contributed by atoms with E-state index >= 15 is 0 Å². The van der Waals surface area contributed by atoms with Crippen LogP contribution in [0.1, 0.15) is 103 Å². The van der Waals surface area contributed by atoms with Crippen molar-refractivity contribution in [1.82, 2.24) is 4.72 Å². The first-order chi connectivity index (χ1) is 12.3. The van der Waals surface area contributed by atoms with Crippen LogP contribution in [0, 0.1) is 5.41 Å². The third-order valence-corrected chi connectivity index (χ3v) is 6.16. The molecule has 1 aromatic rings. The molecule has 1 aromatic carbocycles. The van der Waals surface area contributed by atoms with E-state index in [4.69, 9.17) is 0 Å². The van der Waals surface area contributed by atoms with Gasteiger partial charge in [-0.15, -0.1) is 0 Å². The third kappa shape index (κ3) is 7.08. The Bertz CT molecular complexity index is 722. The molecule has 3 nitrogen and oxygen atoms in total. The van der Waals surface area contributed by atoms with E-state index < -0.39 is 10.0 Å². The summed E-state index contributed by atoms with van der Waals surface area (Å²) >= 11 is 0. The van der Waals surface area contributed by atoms with Gasteiger partial charge in [0.05, 0.1) is 4.90 Å². The van der Waals surface area contributed by atoms with Crippen LogP contribution in [0.25, 0.3) is 0 Å². The zero-order valence-corrected chi connectivity index (χ0v) is 19.5. The SMILES string of the molecule is CC(C)c1cc(C(C)C)c(S(=O)(=O)NCC/C=C/C(C)(C)C)c(C(C)C)c1. The van der Waals surface area contributed by atoms with Gasteiger partial charge in [0.1, 0.15) is 0 Å². The topological polar surface area (TPSA) is 46.2 Å². The molecule has 0 heterocycles. The summed E-state index contributed by atoms with van der Waals surface area (Å²) < 4.78 is 29.2. The van der Waals surface area contributed by atoms with E-state index in [1.165, 1.54) is 5.56 Å². The van der Waals surface area contributed by atoms with Gasteiger partial charge >= 0.3 is 0 Å². The highest BCUT2D eigenvalue weighted by Gasteiger charge is 2.26. The van der Waals surface area contributed by atoms with Gasteiger partial charge in [0.2, 0.25) is 10.0 Å². The highest BCUT2D eigenvalue weighted by atomic mass is 32.2. The van der Waals surface area contributed by atoms with Gasteiger partial charge in [0.25, 0.3) is 0 Å². The highest BCUT2D eigenvalue weighted by molar-refractivity contribution is 7.89. The average molecular weight is 394 g/mol. The number of hydrogen-bond donors (Lipinski definition) is 1. The Hall–Kier alpha value is -1.13. The largest absolute Gasteiger partial charge is 0.241 e. The molecule has 0 radical (unpaired) electrons. The third-order valence-electron chi connectivity index (χ3n) is 4.57. The second-order valence-corrected chi connectivity index (χ2v) is 11.2. The molecule has 0 spiro atoms. The molecule has 4 heteroatoms. The molecule has 1 rings (SSSR count). The first-order valence-electron chi connectivity index (χ1n) is 10.1. The Morgan fingerprint density at radius 3 is 1.78 bits per heavy atom. The Kier molecular flexibility index (Phi) is 8.31. The van der Waals surface area contributed by atoms with Crippen LogP contribution in [0.5, 0.6) is 0 Å². The van der Waals surface area contributed by atoms with Crippen molar-refractivity contribution in [1.29, 1.82) is 0 Å². The van der Waals surface area contributed by atoms with E-state index in [1.807, 2.05) is 0 Å². The van der Waals surface area contributed by atoms with Crippen molar-refractivity contribution in [3.05, 3.63) is 41.0 Å². The summed E-state index contributed by atoms with van der Waals surface area (Å²) in [5, 5.41) is 0. The molecule has 0 amide bonds. The molecule has 0 atom stereocenters. The lowest BCUT2D eigenvalue weighted by Crippen LogP contribution is -2.27. The van der Waals surface area contributed by atoms with E-state index in [-0.39, 0.29) is 17.3 Å². The molecule has 0 unspecified atom stereocenters. The molecular weight excluding hydrogens is 354 g/mol. The van der Waals surface area contributed by atoms with Gasteiger partial charge < -0.3 is 0 Å². The van der Waals surface area contributed by atoms with Gasteiger partial charge in [-0.1, -0.05) is 86.6 Å². The summed E-state index contributed by atoms with van der Waals surface area (Å²) in [5.74, 6) is 0.661. The molecule has 154 valence electrons. The molecular formula is C23H39NO2S. The van der Waals surface area contributed by atoms with Gasteiger partial charge in [0, 0.05) is 6.54 Å². The lowest BCUT2D eigenvalue weighted by Gasteiger charge is -2.23. The van der Waals surface area contributed by atoms with Gasteiger partial charge in [-0.3, -0.25) is 0 Å². The lowest BCUT2D eigenvalue weighted by molar-refractivity contribution is 0.541. The number of benzene rings is 1. The second-order valence-electron chi connectivity index (χ2n) is 9.45. The predicted octanol–water partition coefficient (Wildman–Crippen LogP) is 6.33. The number of nitrogens with one attached hydrogen (secondary N) is 1. The molecule has 0 aromatic heterocycles. The zero-order valence-electron chi connectivity index (χ0n) is 18.7. The minimum atomic E-state index is -3.55. The zero-order chi connectivity index (χ0) is 21.0. The van der Waals surface area contributed by atoms with Crippen molar-refractivity contribution in [2.24, 2.45) is 5.41 Å². The first-order valence-corrected chi connectivity index (χ1v) is 11.6. The molecule has 0 bridgehead atoms. The average Bonchev–Trinajstić information content (AvgIpc) is 2.51. The molecule has 0 fully saturated rings. The Labute approximate surface area is 167 Å². The lowest BCUT2D eigenvalue weighted by atomic mass is 9.89. The fourth-order valence-corrected chi connectivity index (χ4v) is 4.73. The number of hydrogen-bond acceptors (Lipinski definition) is 2. The second kappa shape index (κ2) is 9.38. The van der Waals surface area contributed by atoms with Crippen LogP contribution < -0.4 is 4.72 Å². The quantitative estimate of drug-likeness (QED) is 0.414. The predicted molar refractivity (Wildman–Crippen MR) is 117 cm³/mol. The van der Waals surface area contributed by atoms with Crippen LogP contribution in [0.4, 0.5) is 0 Å². The van der Waals surface area contributed by atoms with Gasteiger partial charge in [-0.25, -0.2) is 13.1 Å². The smallest absolute Gasteiger partial charge is 0.211 e. The van der Waals surface area contributed by atoms with Crippen LogP contribution in [0.3, 0.4) is 0 Å². The Morgan fingerprint density at radius 1 is 0.926 bits per heavy atom. The standard InChI is InChI=1S/C23H39NO2S/c1-16(2)19-14-20(17(3)4)22(21(15-19)18(5)6)27(25,26)24-13-11-10-12-23(7,8)9/h10,12,14-18,24H,11,13H2,1-9H3/b12-10+. The van der Waals surface area contributed by atoms with Crippen molar-refractivity contribution in [3.8, 4) is 0 Å². The van der Waals surface area contributed by atoms with E-state index in [9.17, 15) is 8.42 Å². The van der Waals surface area contributed by atoms with Gasteiger partial charge in [-0.05, 0) is 46.3 Å². The van der Waals surface area contributed by atoms with Crippen molar-refractivity contribution >= 4 is 10.0 Å². The molecule has 0 aliphatic carbocycles. The molecule has 0 saturated heterocycles. The van der Waals surface area contributed by atoms with Crippen LogP contribution in [-0.2, 0) is 10.0 Å². The number of allylic oxidation sites excluding steroid dienone is 1. The van der Waals surface area contributed by atoms with Gasteiger partial charge in [0.15, 0.2) is 0 Å². The summed E-state index contributed by atoms with van der Waals surface area (Å²) in [5.41, 5.74) is 3.15. The Morgan fingerprint density at radius 2 is 1.41 bits per heavy atom. The van der Waals surface area contributed by atoms with E-state index in [2.05, 4.69) is 91.3 Å². The molecule has 27 heavy (non-hydrogen) atoms. The maximum absolute atomic E-state index is 13.2. The normalized spacial score (nSPS) is 13.5. The van der Waals surface area contributed by atoms with E-state index in [0.29, 0.717) is 23.8 Å². The molecule has 0 aliphatic rings. The minimum absolute atomic E-state index is 0.112. The van der Waals surface area contributed by atoms with Crippen molar-refractivity contribution < 1.29 is 8.42 Å². The van der Waals surface area contributed by atoms with Crippen molar-refractivity contribution in [2.75, 3.05) is 6.54 Å². The maximum atomic E-state index is 13.2. The van der Waals surface area contributed by atoms with Gasteiger partial charge in [-0.2, -0.15) is 0 Å². The van der Waals surface area contributed by atoms with Crippen molar-refractivity contribution in [3.63, 3.8) is 0 Å². The highest BCUT2D eigenvalue weighted by Crippen LogP contribution is 2.35. The van der Waals surface area contributed by atoms with Crippen LogP contribution in [0.2, 0.25) is 0 Å². The molecule has 1 N–H and O–H groups in total. The van der Waals surface area contributed by atoms with Crippen molar-refractivity contribution in [2.45, 2.75) is 91.4 Å². The number of sulfonamides is 1. The summed E-state index contributed by atoms with van der Waals surface area (Å²) in [6, 6.07) is 4.16. The monoisotopic (exact) mass is 393 g/mol. The fourth-order valence-electron chi connectivity index (χ4n) is 2.99. The maximum Gasteiger partial charge on any atom is 0.241 e. The summed E-state index contributed by atoms with van der Waals surface area (Å²) in [7, 11) is -3.55. The van der Waals surface area contributed by atoms with Crippen LogP contribution in [0.15, 0.2) is 29.2 Å². The van der Waals surface area contributed by atoms with E-state index in [0.717, 1.165) is 11.1 Å². The molecule has 0 aliphatic heterocycles. The Balaban J connectivity index is 3.26. The first kappa shape index (κ1) is 23.9.